The number of nitrogens with zero attached hydrogens (tertiary/aromatic N) is 4. The van der Waals surface area contributed by atoms with Gasteiger partial charge in [-0.05, 0) is 49.6 Å². The van der Waals surface area contributed by atoms with Crippen LogP contribution in [0.15, 0.2) is 41.3 Å². The molecule has 184 valence electrons. The van der Waals surface area contributed by atoms with Gasteiger partial charge in [0.15, 0.2) is 17.4 Å². The van der Waals surface area contributed by atoms with Gasteiger partial charge in [0.2, 0.25) is 5.88 Å². The van der Waals surface area contributed by atoms with E-state index in [4.69, 9.17) is 9.47 Å². The smallest absolute Gasteiger partial charge is 0.433 e. The summed E-state index contributed by atoms with van der Waals surface area (Å²) in [4.78, 5) is 21.7. The van der Waals surface area contributed by atoms with E-state index in [1.165, 1.54) is 0 Å². The Bertz CT molecular complexity index is 1320. The Balaban J connectivity index is 1.30. The number of fused-ring (bicyclic) bond motifs is 3. The van der Waals surface area contributed by atoms with Gasteiger partial charge in [0.25, 0.3) is 0 Å². The maximum Gasteiger partial charge on any atom is 0.433 e. The van der Waals surface area contributed by atoms with Crippen LogP contribution < -0.4 is 20.1 Å². The number of anilines is 1. The van der Waals surface area contributed by atoms with Gasteiger partial charge in [0, 0.05) is 12.6 Å². The van der Waals surface area contributed by atoms with Crippen LogP contribution in [0.25, 0.3) is 0 Å². The highest BCUT2D eigenvalue weighted by Gasteiger charge is 2.44. The van der Waals surface area contributed by atoms with Crippen molar-refractivity contribution in [2.75, 3.05) is 11.4 Å². The van der Waals surface area contributed by atoms with Crippen LogP contribution in [0.2, 0.25) is 0 Å². The Kier molecular flexibility index (Phi) is 5.41. The van der Waals surface area contributed by atoms with E-state index in [9.17, 15) is 26.7 Å². The topological polar surface area (TPSA) is 69.5 Å². The van der Waals surface area contributed by atoms with Crippen molar-refractivity contribution in [1.29, 1.82) is 0 Å². The molecule has 3 aromatic rings. The molecule has 5 rings (SSSR count). The molecule has 0 spiro atoms. The van der Waals surface area contributed by atoms with Crippen LogP contribution in [0.1, 0.15) is 31.0 Å². The number of ether oxygens (including phenoxy) is 2. The first kappa shape index (κ1) is 23.1. The molecule has 7 nitrogen and oxygen atoms in total. The predicted molar refractivity (Wildman–Crippen MR) is 113 cm³/mol. The fourth-order valence-electron chi connectivity index (χ4n) is 4.52. The van der Waals surface area contributed by atoms with E-state index in [0.717, 1.165) is 43.8 Å². The van der Waals surface area contributed by atoms with Gasteiger partial charge < -0.3 is 14.4 Å². The molecular weight excluding hydrogens is 475 g/mol. The van der Waals surface area contributed by atoms with Crippen molar-refractivity contribution in [3.63, 3.8) is 0 Å². The number of pyridine rings is 1. The summed E-state index contributed by atoms with van der Waals surface area (Å²) in [5.74, 6) is -2.49. The standard InChI is InChI=1S/C23H19F5N4O3/c1-22-5-2-6-32(22)19-9-18(30-21(33)31(19)12-22)34-11-13-7-15(24)20(16(25)8-13)35-14-3-4-17(29-10-14)23(26,27)28/h3-4,7-10H,2,5-6,11-12H2,1H3/t22-/m0/s1. The monoisotopic (exact) mass is 494 g/mol. The maximum absolute atomic E-state index is 14.5. The maximum atomic E-state index is 14.5. The Morgan fingerprint density at radius 2 is 1.89 bits per heavy atom. The van der Waals surface area contributed by atoms with E-state index >= 15 is 0 Å². The number of halogens is 5. The number of hydrogen-bond acceptors (Lipinski definition) is 6. The van der Waals surface area contributed by atoms with Crippen LogP contribution in [0.4, 0.5) is 27.8 Å². The minimum Gasteiger partial charge on any atom is -0.473 e. The molecule has 2 aliphatic heterocycles. The second-order valence-corrected chi connectivity index (χ2v) is 8.73. The lowest BCUT2D eigenvalue weighted by Crippen LogP contribution is -2.38. The van der Waals surface area contributed by atoms with Crippen molar-refractivity contribution in [2.24, 2.45) is 0 Å². The van der Waals surface area contributed by atoms with E-state index in [2.05, 4.69) is 21.8 Å². The normalized spacial score (nSPS) is 19.0. The molecule has 0 radical (unpaired) electrons. The highest BCUT2D eigenvalue weighted by molar-refractivity contribution is 5.50. The van der Waals surface area contributed by atoms with Crippen LogP contribution in [-0.4, -0.2) is 26.6 Å². The molecule has 35 heavy (non-hydrogen) atoms. The predicted octanol–water partition coefficient (Wildman–Crippen LogP) is 4.68. The molecule has 0 saturated carbocycles. The van der Waals surface area contributed by atoms with Crippen molar-refractivity contribution >= 4 is 5.82 Å². The van der Waals surface area contributed by atoms with Gasteiger partial charge in [-0.25, -0.2) is 18.6 Å². The molecule has 0 amide bonds. The Hall–Kier alpha value is -3.70. The fourth-order valence-corrected chi connectivity index (χ4v) is 4.52. The first-order valence-electron chi connectivity index (χ1n) is 10.7. The molecule has 0 N–H and O–H groups in total. The molecule has 2 aliphatic rings. The van der Waals surface area contributed by atoms with E-state index in [-0.39, 0.29) is 29.3 Å². The van der Waals surface area contributed by atoms with E-state index < -0.39 is 34.9 Å². The number of rotatable bonds is 5. The summed E-state index contributed by atoms with van der Waals surface area (Å²) < 4.78 is 79.1. The lowest BCUT2D eigenvalue weighted by atomic mass is 10.0. The average molecular weight is 494 g/mol. The summed E-state index contributed by atoms with van der Waals surface area (Å²) in [5.41, 5.74) is -1.66. The molecule has 0 unspecified atom stereocenters. The van der Waals surface area contributed by atoms with Crippen LogP contribution in [0, 0.1) is 11.6 Å². The summed E-state index contributed by atoms with van der Waals surface area (Å²) in [6.07, 6.45) is -1.95. The summed E-state index contributed by atoms with van der Waals surface area (Å²) >= 11 is 0. The third kappa shape index (κ3) is 4.28. The van der Waals surface area contributed by atoms with Crippen molar-refractivity contribution in [2.45, 2.75) is 44.6 Å². The second-order valence-electron chi connectivity index (χ2n) is 8.73. The highest BCUT2D eigenvalue weighted by Crippen LogP contribution is 2.41. The molecule has 1 atom stereocenters. The highest BCUT2D eigenvalue weighted by atomic mass is 19.4. The largest absolute Gasteiger partial charge is 0.473 e. The molecule has 1 fully saturated rings. The van der Waals surface area contributed by atoms with Crippen LogP contribution >= 0.6 is 0 Å². The molecular formula is C23H19F5N4O3. The minimum atomic E-state index is -4.65. The van der Waals surface area contributed by atoms with Crippen molar-refractivity contribution in [1.82, 2.24) is 14.5 Å². The lowest BCUT2D eigenvalue weighted by Gasteiger charge is -2.27. The average Bonchev–Trinajstić information content (AvgIpc) is 3.29. The Labute approximate surface area is 195 Å². The zero-order valence-corrected chi connectivity index (χ0v) is 18.4. The van der Waals surface area contributed by atoms with Crippen LogP contribution in [-0.2, 0) is 19.3 Å². The summed E-state index contributed by atoms with van der Waals surface area (Å²) in [5, 5.41) is 0. The Morgan fingerprint density at radius 3 is 2.54 bits per heavy atom. The summed E-state index contributed by atoms with van der Waals surface area (Å²) in [7, 11) is 0. The fraction of sp³-hybridized carbons (Fsp3) is 0.348. The van der Waals surface area contributed by atoms with Crippen molar-refractivity contribution in [3.8, 4) is 17.4 Å². The molecule has 0 aliphatic carbocycles. The van der Waals surface area contributed by atoms with E-state index in [1.54, 1.807) is 10.6 Å². The van der Waals surface area contributed by atoms with Crippen LogP contribution in [0.3, 0.4) is 0 Å². The number of alkyl halides is 3. The number of benzene rings is 1. The molecule has 1 saturated heterocycles. The third-order valence-electron chi connectivity index (χ3n) is 6.18. The van der Waals surface area contributed by atoms with Gasteiger partial charge in [-0.2, -0.15) is 18.2 Å². The molecule has 4 heterocycles. The zero-order valence-electron chi connectivity index (χ0n) is 18.4. The van der Waals surface area contributed by atoms with E-state index in [1.807, 2.05) is 0 Å². The molecule has 2 aromatic heterocycles. The zero-order chi connectivity index (χ0) is 25.0. The first-order chi connectivity index (χ1) is 16.5. The lowest BCUT2D eigenvalue weighted by molar-refractivity contribution is -0.141. The van der Waals surface area contributed by atoms with Gasteiger partial charge in [-0.15, -0.1) is 0 Å². The van der Waals surface area contributed by atoms with Gasteiger partial charge in [0.1, 0.15) is 23.9 Å². The van der Waals surface area contributed by atoms with Gasteiger partial charge >= 0.3 is 11.9 Å². The minimum absolute atomic E-state index is 0.0365. The number of hydrogen-bond donors (Lipinski definition) is 0. The first-order valence-corrected chi connectivity index (χ1v) is 10.7. The van der Waals surface area contributed by atoms with E-state index in [0.29, 0.717) is 18.4 Å². The quantitative estimate of drug-likeness (QED) is 0.480. The third-order valence-corrected chi connectivity index (χ3v) is 6.18. The van der Waals surface area contributed by atoms with Crippen molar-refractivity contribution in [3.05, 3.63) is 69.9 Å². The van der Waals surface area contributed by atoms with Gasteiger partial charge in [-0.3, -0.25) is 4.57 Å². The van der Waals surface area contributed by atoms with Crippen LogP contribution in [0.5, 0.6) is 17.4 Å². The van der Waals surface area contributed by atoms with Crippen molar-refractivity contribution < 1.29 is 31.4 Å². The second kappa shape index (κ2) is 8.21. The molecule has 0 bridgehead atoms. The molecule has 1 aromatic carbocycles. The summed E-state index contributed by atoms with van der Waals surface area (Å²) in [6.45, 7) is 3.17. The Morgan fingerprint density at radius 1 is 1.14 bits per heavy atom. The SMILES string of the molecule is C[C@@]12CCCN1c1cc(OCc3cc(F)c(Oc4ccc(C(F)(F)F)nc4)c(F)c3)nc(=O)n1C2. The van der Waals surface area contributed by atoms with Gasteiger partial charge in [0.05, 0.1) is 18.3 Å². The van der Waals surface area contributed by atoms with Gasteiger partial charge in [-0.1, -0.05) is 0 Å². The molecule has 12 heteroatoms. The summed E-state index contributed by atoms with van der Waals surface area (Å²) in [6, 6.07) is 5.13. The number of aromatic nitrogens is 3.